The third kappa shape index (κ3) is 5.08. The Labute approximate surface area is 164 Å². The number of hydrogen-bond donors (Lipinski definition) is 1. The minimum atomic E-state index is 0.156. The Hall–Kier alpha value is -2.85. The van der Waals surface area contributed by atoms with Gasteiger partial charge in [0.15, 0.2) is 11.6 Å². The number of aryl methyl sites for hydroxylation is 2. The molecule has 3 aromatic rings. The zero-order valence-corrected chi connectivity index (χ0v) is 16.1. The molecule has 3 rings (SSSR count). The van der Waals surface area contributed by atoms with E-state index in [1.165, 1.54) is 11.8 Å². The van der Waals surface area contributed by atoms with E-state index in [2.05, 4.69) is 4.98 Å². The molecule has 27 heavy (non-hydrogen) atoms. The number of nitrogen functional groups attached to an aromatic ring is 1. The molecular formula is C22H21ClN2O2. The summed E-state index contributed by atoms with van der Waals surface area (Å²) in [6.07, 6.45) is 2.23. The monoisotopic (exact) mass is 380 g/mol. The lowest BCUT2D eigenvalue weighted by Gasteiger charge is -2.11. The van der Waals surface area contributed by atoms with Gasteiger partial charge in [-0.2, -0.15) is 0 Å². The fraction of sp³-hybridized carbons (Fsp3) is 0.182. The van der Waals surface area contributed by atoms with Crippen LogP contribution >= 0.6 is 11.6 Å². The second-order valence-corrected chi connectivity index (χ2v) is 7.04. The number of hydrogen-bond acceptors (Lipinski definition) is 4. The first-order chi connectivity index (χ1) is 12.9. The van der Waals surface area contributed by atoms with Crippen LogP contribution in [0.2, 0.25) is 5.02 Å². The molecule has 0 aliphatic carbocycles. The topological polar surface area (TPSA) is 65.2 Å². The minimum Gasteiger partial charge on any atom is -0.453 e. The van der Waals surface area contributed by atoms with Crippen LogP contribution in [0, 0.1) is 13.8 Å². The highest BCUT2D eigenvalue weighted by atomic mass is 35.5. The van der Waals surface area contributed by atoms with Crippen LogP contribution in [0.15, 0.2) is 54.7 Å². The van der Waals surface area contributed by atoms with Crippen LogP contribution in [0.5, 0.6) is 11.5 Å². The lowest BCUT2D eigenvalue weighted by molar-refractivity contribution is -0.117. The molecule has 0 saturated heterocycles. The molecule has 0 atom stereocenters. The molecule has 0 radical (unpaired) electrons. The maximum Gasteiger partial charge on any atom is 0.170 e. The summed E-state index contributed by atoms with van der Waals surface area (Å²) in [5, 5.41) is 0.444. The molecule has 0 saturated carbocycles. The molecule has 0 fully saturated rings. The first kappa shape index (κ1) is 18.9. The number of rotatable bonds is 6. The fourth-order valence-corrected chi connectivity index (χ4v) is 2.90. The molecule has 0 aliphatic heterocycles. The number of carbonyl (C=O) groups excluding carboxylic acids is 1. The van der Waals surface area contributed by atoms with Gasteiger partial charge in [0, 0.05) is 25.1 Å². The van der Waals surface area contributed by atoms with Crippen molar-refractivity contribution >= 4 is 23.2 Å². The van der Waals surface area contributed by atoms with Crippen LogP contribution in [0.25, 0.3) is 0 Å². The van der Waals surface area contributed by atoms with Crippen LogP contribution in [-0.4, -0.2) is 10.8 Å². The Morgan fingerprint density at radius 1 is 1.07 bits per heavy atom. The van der Waals surface area contributed by atoms with Crippen LogP contribution in [0.1, 0.15) is 22.3 Å². The van der Waals surface area contributed by atoms with Gasteiger partial charge in [-0.25, -0.2) is 4.98 Å². The average molecular weight is 381 g/mol. The zero-order valence-electron chi connectivity index (χ0n) is 15.3. The molecule has 138 valence electrons. The van der Waals surface area contributed by atoms with E-state index < -0.39 is 0 Å². The summed E-state index contributed by atoms with van der Waals surface area (Å²) in [5.41, 5.74) is 10.0. The van der Waals surface area contributed by atoms with Crippen LogP contribution in [0.4, 0.5) is 5.82 Å². The van der Waals surface area contributed by atoms with Gasteiger partial charge in [0.05, 0.1) is 5.02 Å². The molecule has 5 heteroatoms. The van der Waals surface area contributed by atoms with E-state index in [1.54, 1.807) is 6.07 Å². The Morgan fingerprint density at radius 2 is 1.81 bits per heavy atom. The number of carbonyl (C=O) groups is 1. The summed E-state index contributed by atoms with van der Waals surface area (Å²) in [4.78, 5) is 16.5. The molecule has 0 amide bonds. The van der Waals surface area contributed by atoms with Crippen molar-refractivity contribution in [2.45, 2.75) is 26.7 Å². The van der Waals surface area contributed by atoms with E-state index in [0.717, 1.165) is 16.7 Å². The molecule has 0 spiro atoms. The third-order valence-corrected chi connectivity index (χ3v) is 4.51. The predicted molar refractivity (Wildman–Crippen MR) is 109 cm³/mol. The highest BCUT2D eigenvalue weighted by Gasteiger charge is 2.11. The van der Waals surface area contributed by atoms with Gasteiger partial charge in [0.1, 0.15) is 11.5 Å². The second-order valence-electron chi connectivity index (χ2n) is 6.61. The number of anilines is 1. The summed E-state index contributed by atoms with van der Waals surface area (Å²) in [5.74, 6) is 1.40. The highest BCUT2D eigenvalue weighted by molar-refractivity contribution is 6.30. The van der Waals surface area contributed by atoms with Gasteiger partial charge in [-0.15, -0.1) is 0 Å². The van der Waals surface area contributed by atoms with Crippen LogP contribution in [0.3, 0.4) is 0 Å². The van der Waals surface area contributed by atoms with Gasteiger partial charge < -0.3 is 10.5 Å². The number of halogens is 1. The lowest BCUT2D eigenvalue weighted by atomic mass is 9.99. The number of ketones is 1. The van der Waals surface area contributed by atoms with E-state index in [9.17, 15) is 4.79 Å². The molecule has 2 N–H and O–H groups in total. The molecular weight excluding hydrogens is 360 g/mol. The van der Waals surface area contributed by atoms with Crippen molar-refractivity contribution in [3.63, 3.8) is 0 Å². The maximum atomic E-state index is 12.5. The standard InChI is InChI=1S/C22H21ClN2O2/c1-14-3-6-16(7-4-14)9-19(26)10-17-11-20(8-5-15(17)2)27-21-12-18(23)13-25-22(21)24/h3-8,11-13H,9-10H2,1-2H3,(H2,24,25). The zero-order chi connectivity index (χ0) is 19.4. The number of benzene rings is 2. The van der Waals surface area contributed by atoms with Crippen molar-refractivity contribution in [1.29, 1.82) is 0 Å². The summed E-state index contributed by atoms with van der Waals surface area (Å²) in [6.45, 7) is 4.01. The summed E-state index contributed by atoms with van der Waals surface area (Å²) in [6, 6.07) is 15.3. The Morgan fingerprint density at radius 3 is 2.56 bits per heavy atom. The molecule has 1 heterocycles. The van der Waals surface area contributed by atoms with Gasteiger partial charge in [-0.3, -0.25) is 4.79 Å². The van der Waals surface area contributed by atoms with Crippen molar-refractivity contribution in [2.24, 2.45) is 0 Å². The molecule has 0 unspecified atom stereocenters. The van der Waals surface area contributed by atoms with E-state index in [0.29, 0.717) is 29.4 Å². The highest BCUT2D eigenvalue weighted by Crippen LogP contribution is 2.29. The maximum absolute atomic E-state index is 12.5. The smallest absolute Gasteiger partial charge is 0.170 e. The lowest BCUT2D eigenvalue weighted by Crippen LogP contribution is -2.08. The number of Topliss-reactive ketones (excluding diaryl/α,β-unsaturated/α-hetero) is 1. The summed E-state index contributed by atoms with van der Waals surface area (Å²) >= 11 is 5.95. The van der Waals surface area contributed by atoms with Crippen molar-refractivity contribution in [2.75, 3.05) is 5.73 Å². The van der Waals surface area contributed by atoms with Gasteiger partial charge in [0.25, 0.3) is 0 Å². The summed E-state index contributed by atoms with van der Waals surface area (Å²) < 4.78 is 5.82. The van der Waals surface area contributed by atoms with Crippen molar-refractivity contribution < 1.29 is 9.53 Å². The largest absolute Gasteiger partial charge is 0.453 e. The van der Waals surface area contributed by atoms with Gasteiger partial charge in [-0.1, -0.05) is 47.5 Å². The first-order valence-electron chi connectivity index (χ1n) is 8.66. The number of ether oxygens (including phenoxy) is 1. The molecule has 1 aromatic heterocycles. The number of pyridine rings is 1. The van der Waals surface area contributed by atoms with E-state index in [4.69, 9.17) is 22.1 Å². The quantitative estimate of drug-likeness (QED) is 0.647. The minimum absolute atomic E-state index is 0.156. The van der Waals surface area contributed by atoms with Crippen LogP contribution < -0.4 is 10.5 Å². The predicted octanol–water partition coefficient (Wildman–Crippen LogP) is 5.08. The molecule has 4 nitrogen and oxygen atoms in total. The fourth-order valence-electron chi connectivity index (χ4n) is 2.75. The van der Waals surface area contributed by atoms with Crippen molar-refractivity contribution in [1.82, 2.24) is 4.98 Å². The van der Waals surface area contributed by atoms with E-state index in [1.807, 2.05) is 56.3 Å². The Bertz CT molecular complexity index is 969. The van der Waals surface area contributed by atoms with Crippen LogP contribution in [-0.2, 0) is 17.6 Å². The van der Waals surface area contributed by atoms with Crippen molar-refractivity contribution in [3.05, 3.63) is 82.0 Å². The van der Waals surface area contributed by atoms with Gasteiger partial charge in [0.2, 0.25) is 0 Å². The average Bonchev–Trinajstić information content (AvgIpc) is 2.63. The van der Waals surface area contributed by atoms with E-state index in [-0.39, 0.29) is 11.6 Å². The number of aromatic nitrogens is 1. The SMILES string of the molecule is Cc1ccc(CC(=O)Cc2cc(Oc3cc(Cl)cnc3N)ccc2C)cc1. The van der Waals surface area contributed by atoms with Gasteiger partial charge in [-0.05, 0) is 42.7 Å². The number of nitrogens with zero attached hydrogens (tertiary/aromatic N) is 1. The molecule has 2 aromatic carbocycles. The number of nitrogens with two attached hydrogens (primary N) is 1. The van der Waals surface area contributed by atoms with E-state index >= 15 is 0 Å². The Kier molecular flexibility index (Phi) is 5.77. The second kappa shape index (κ2) is 8.23. The van der Waals surface area contributed by atoms with Crippen molar-refractivity contribution in [3.8, 4) is 11.5 Å². The summed E-state index contributed by atoms with van der Waals surface area (Å²) in [7, 11) is 0. The molecule has 0 aliphatic rings. The normalized spacial score (nSPS) is 10.6. The third-order valence-electron chi connectivity index (χ3n) is 4.31. The molecule has 0 bridgehead atoms. The first-order valence-corrected chi connectivity index (χ1v) is 9.04. The van der Waals surface area contributed by atoms with Gasteiger partial charge >= 0.3 is 0 Å². The Balaban J connectivity index is 1.74.